The highest BCUT2D eigenvalue weighted by Crippen LogP contribution is 2.33. The summed E-state index contributed by atoms with van der Waals surface area (Å²) in [5.74, 6) is 0.456. The summed E-state index contributed by atoms with van der Waals surface area (Å²) in [7, 11) is -2.59. The van der Waals surface area contributed by atoms with E-state index in [1.54, 1.807) is 12.1 Å². The van der Waals surface area contributed by atoms with Crippen molar-refractivity contribution in [2.24, 2.45) is 11.3 Å². The molecule has 12 heteroatoms. The fourth-order valence-electron chi connectivity index (χ4n) is 5.45. The number of carbonyl (C=O) groups is 1. The van der Waals surface area contributed by atoms with E-state index < -0.39 is 39.8 Å². The molecule has 4 rings (SSSR count). The zero-order valence-corrected chi connectivity index (χ0v) is 25.7. The molecular weight excluding hydrogens is 574 g/mol. The second-order valence-corrected chi connectivity index (χ2v) is 13.7. The first-order valence-corrected chi connectivity index (χ1v) is 15.9. The number of aliphatic hydroxyl groups excluding tert-OH is 1. The van der Waals surface area contributed by atoms with E-state index in [-0.39, 0.29) is 49.6 Å². The Kier molecular flexibility index (Phi) is 11.0. The number of ether oxygens (including phenoxy) is 4. The lowest BCUT2D eigenvalue weighted by atomic mass is 9.88. The van der Waals surface area contributed by atoms with Crippen LogP contribution in [0.4, 0.5) is 4.79 Å². The lowest BCUT2D eigenvalue weighted by Gasteiger charge is -2.35. The molecule has 5 atom stereocenters. The molecule has 2 aromatic rings. The highest BCUT2D eigenvalue weighted by molar-refractivity contribution is 7.89. The average Bonchev–Trinajstić information content (AvgIpc) is 3.61. The van der Waals surface area contributed by atoms with Gasteiger partial charge in [-0.3, -0.25) is 0 Å². The van der Waals surface area contributed by atoms with Gasteiger partial charge in [-0.25, -0.2) is 13.2 Å². The SMILES string of the molecule is COc1ccc(S(=O)(=O)N(C[C@@H](O)[C@H](Cc2ccccc2)NC(=O)OC2CO[C@@H]3OCC[C@H]23)CC(C)(C)CCC#N)cc1. The van der Waals surface area contributed by atoms with Crippen molar-refractivity contribution in [2.45, 2.75) is 69.0 Å². The molecular formula is C31H41N3O8S. The van der Waals surface area contributed by atoms with Crippen molar-refractivity contribution >= 4 is 16.1 Å². The van der Waals surface area contributed by atoms with E-state index in [1.807, 2.05) is 44.2 Å². The van der Waals surface area contributed by atoms with Crippen LogP contribution in [0.3, 0.4) is 0 Å². The molecule has 2 aliphatic rings. The third-order valence-corrected chi connectivity index (χ3v) is 9.74. The zero-order valence-electron chi connectivity index (χ0n) is 24.8. The third-order valence-electron chi connectivity index (χ3n) is 7.92. The summed E-state index contributed by atoms with van der Waals surface area (Å²) < 4.78 is 51.1. The Hall–Kier alpha value is -3.21. The number of nitriles is 1. The summed E-state index contributed by atoms with van der Waals surface area (Å²) >= 11 is 0. The molecule has 0 spiro atoms. The molecule has 0 aromatic heterocycles. The minimum Gasteiger partial charge on any atom is -0.497 e. The minimum absolute atomic E-state index is 0.0399. The fourth-order valence-corrected chi connectivity index (χ4v) is 7.10. The quantitative estimate of drug-likeness (QED) is 0.326. The van der Waals surface area contributed by atoms with Gasteiger partial charge in [0.25, 0.3) is 0 Å². The van der Waals surface area contributed by atoms with E-state index in [9.17, 15) is 18.3 Å². The normalized spacial score (nSPS) is 21.5. The fraction of sp³-hybridized carbons (Fsp3) is 0.548. The molecule has 2 aliphatic heterocycles. The van der Waals surface area contributed by atoms with Gasteiger partial charge >= 0.3 is 6.09 Å². The zero-order chi connectivity index (χ0) is 31.0. The van der Waals surface area contributed by atoms with Crippen LogP contribution in [0, 0.1) is 22.7 Å². The predicted molar refractivity (Wildman–Crippen MR) is 158 cm³/mol. The number of benzene rings is 2. The van der Waals surface area contributed by atoms with Crippen LogP contribution in [-0.4, -0.2) is 81.9 Å². The van der Waals surface area contributed by atoms with Gasteiger partial charge in [-0.1, -0.05) is 44.2 Å². The van der Waals surface area contributed by atoms with Crippen LogP contribution in [0.1, 0.15) is 38.7 Å². The Morgan fingerprint density at radius 2 is 1.91 bits per heavy atom. The molecule has 0 saturated carbocycles. The Bertz CT molecular complexity index is 1350. The Balaban J connectivity index is 1.56. The molecule has 2 aromatic carbocycles. The predicted octanol–water partition coefficient (Wildman–Crippen LogP) is 3.48. The maximum atomic E-state index is 13.9. The summed E-state index contributed by atoms with van der Waals surface area (Å²) in [6.07, 6.45) is -1.20. The Morgan fingerprint density at radius 1 is 1.19 bits per heavy atom. The number of hydrogen-bond acceptors (Lipinski definition) is 9. The first-order valence-electron chi connectivity index (χ1n) is 14.5. The van der Waals surface area contributed by atoms with E-state index in [2.05, 4.69) is 11.4 Å². The van der Waals surface area contributed by atoms with Crippen molar-refractivity contribution in [2.75, 3.05) is 33.4 Å². The number of sulfonamides is 1. The topological polar surface area (TPSA) is 147 Å². The van der Waals surface area contributed by atoms with E-state index in [0.717, 1.165) is 12.0 Å². The summed E-state index contributed by atoms with van der Waals surface area (Å²) in [6, 6.07) is 16.6. The molecule has 0 radical (unpaired) electrons. The molecule has 0 bridgehead atoms. The molecule has 43 heavy (non-hydrogen) atoms. The molecule has 2 fully saturated rings. The van der Waals surface area contributed by atoms with E-state index in [0.29, 0.717) is 18.8 Å². The van der Waals surface area contributed by atoms with Crippen molar-refractivity contribution in [1.29, 1.82) is 5.26 Å². The van der Waals surface area contributed by atoms with Crippen molar-refractivity contribution in [3.05, 3.63) is 60.2 Å². The van der Waals surface area contributed by atoms with Crippen LogP contribution in [0.15, 0.2) is 59.5 Å². The van der Waals surface area contributed by atoms with Gasteiger partial charge in [0.2, 0.25) is 10.0 Å². The van der Waals surface area contributed by atoms with Gasteiger partial charge in [0, 0.05) is 19.5 Å². The van der Waals surface area contributed by atoms with Crippen LogP contribution < -0.4 is 10.1 Å². The van der Waals surface area contributed by atoms with Crippen LogP contribution in [0.2, 0.25) is 0 Å². The van der Waals surface area contributed by atoms with Crippen LogP contribution in [-0.2, 0) is 30.7 Å². The number of methoxy groups -OCH3 is 1. The summed E-state index contributed by atoms with van der Waals surface area (Å²) in [5, 5.41) is 23.5. The minimum atomic E-state index is -4.08. The van der Waals surface area contributed by atoms with Gasteiger partial charge in [-0.05, 0) is 54.5 Å². The summed E-state index contributed by atoms with van der Waals surface area (Å²) in [4.78, 5) is 13.1. The monoisotopic (exact) mass is 615 g/mol. The van der Waals surface area contributed by atoms with Crippen LogP contribution in [0.25, 0.3) is 0 Å². The van der Waals surface area contributed by atoms with Gasteiger partial charge in [0.05, 0.1) is 49.4 Å². The number of rotatable bonds is 14. The molecule has 2 N–H and O–H groups in total. The van der Waals surface area contributed by atoms with Crippen molar-refractivity contribution in [1.82, 2.24) is 9.62 Å². The highest BCUT2D eigenvalue weighted by Gasteiger charge is 2.44. The number of carbonyl (C=O) groups excluding carboxylic acids is 1. The van der Waals surface area contributed by atoms with Crippen LogP contribution in [0.5, 0.6) is 5.75 Å². The maximum absolute atomic E-state index is 13.9. The first kappa shape index (κ1) is 32.7. The van der Waals surface area contributed by atoms with Gasteiger partial charge in [-0.2, -0.15) is 9.57 Å². The molecule has 0 aliphatic carbocycles. The number of nitrogens with one attached hydrogen (secondary N) is 1. The van der Waals surface area contributed by atoms with Crippen LogP contribution >= 0.6 is 0 Å². The van der Waals surface area contributed by atoms with E-state index >= 15 is 0 Å². The summed E-state index contributed by atoms with van der Waals surface area (Å²) in [6.45, 7) is 4.27. The van der Waals surface area contributed by atoms with Gasteiger partial charge in [-0.15, -0.1) is 0 Å². The Morgan fingerprint density at radius 3 is 2.58 bits per heavy atom. The van der Waals surface area contributed by atoms with Gasteiger partial charge in [0.15, 0.2) is 6.29 Å². The molecule has 2 saturated heterocycles. The first-order chi connectivity index (χ1) is 20.5. The lowest BCUT2D eigenvalue weighted by molar-refractivity contribution is -0.0907. The molecule has 2 heterocycles. The highest BCUT2D eigenvalue weighted by atomic mass is 32.2. The Labute approximate surface area is 253 Å². The molecule has 1 unspecified atom stereocenters. The van der Waals surface area contributed by atoms with Gasteiger partial charge in [0.1, 0.15) is 11.9 Å². The lowest BCUT2D eigenvalue weighted by Crippen LogP contribution is -2.52. The van der Waals surface area contributed by atoms with Gasteiger partial charge < -0.3 is 29.4 Å². The van der Waals surface area contributed by atoms with Crippen molar-refractivity contribution in [3.63, 3.8) is 0 Å². The van der Waals surface area contributed by atoms with Crippen molar-refractivity contribution in [3.8, 4) is 11.8 Å². The van der Waals surface area contributed by atoms with E-state index in [1.165, 1.54) is 23.5 Å². The smallest absolute Gasteiger partial charge is 0.407 e. The molecule has 234 valence electrons. The van der Waals surface area contributed by atoms with Crippen molar-refractivity contribution < 1.29 is 37.3 Å². The van der Waals surface area contributed by atoms with E-state index in [4.69, 9.17) is 24.2 Å². The number of hydrogen-bond donors (Lipinski definition) is 2. The molecule has 1 amide bonds. The largest absolute Gasteiger partial charge is 0.497 e. The standard InChI is InChI=1S/C31H41N3O8S/c1-31(2,15-7-16-32)21-34(43(37,38)24-12-10-23(39-3)11-13-24)19-27(35)26(18-22-8-5-4-6-9-22)33-30(36)42-28-20-41-29-25(28)14-17-40-29/h4-6,8-13,25-29,35H,7,14-15,17-21H2,1-3H3,(H,33,36)/t25-,26+,27-,28?,29+/m1/s1. The number of alkyl carbamates (subject to hydrolysis) is 1. The third kappa shape index (κ3) is 8.68. The second-order valence-electron chi connectivity index (χ2n) is 11.8. The second kappa shape index (κ2) is 14.5. The number of aliphatic hydroxyl groups is 1. The molecule has 11 nitrogen and oxygen atoms in total. The number of nitrogens with zero attached hydrogens (tertiary/aromatic N) is 2. The summed E-state index contributed by atoms with van der Waals surface area (Å²) in [5.41, 5.74) is 0.276. The number of fused-ring (bicyclic) bond motifs is 1. The number of amides is 1. The average molecular weight is 616 g/mol. The maximum Gasteiger partial charge on any atom is 0.407 e.